The molecule has 3 rings (SSSR count). The fourth-order valence-electron chi connectivity index (χ4n) is 2.67. The Kier molecular flexibility index (Phi) is 5.59. The van der Waals surface area contributed by atoms with Gasteiger partial charge in [0.2, 0.25) is 0 Å². The second-order valence-corrected chi connectivity index (χ2v) is 7.04. The number of aromatic amines is 1. The first-order valence-corrected chi connectivity index (χ1v) is 9.06. The highest BCUT2D eigenvalue weighted by Crippen LogP contribution is 2.28. The number of hydrogen-bond donors (Lipinski definition) is 1. The first-order chi connectivity index (χ1) is 11.8. The van der Waals surface area contributed by atoms with E-state index in [9.17, 15) is 4.79 Å². The predicted octanol–water partition coefficient (Wildman–Crippen LogP) is 3.36. The van der Waals surface area contributed by atoms with Crippen LogP contribution in [0.1, 0.15) is 18.4 Å². The summed E-state index contributed by atoms with van der Waals surface area (Å²) in [5, 5.41) is 7.37. The van der Waals surface area contributed by atoms with Crippen molar-refractivity contribution in [2.24, 2.45) is 0 Å². The molecule has 1 fully saturated rings. The standard InChI is InChI=1S/C18H21N3O2S/c1-23-15-7-4-14(5-8-15)6-9-18(22)21(17-10-11-19-20-17)13-16-3-2-12-24-16/h4-11,16H,2-3,12-13H2,1H3,(H,19,20). The van der Waals surface area contributed by atoms with E-state index in [1.165, 1.54) is 12.2 Å². The lowest BCUT2D eigenvalue weighted by Crippen LogP contribution is -2.35. The number of anilines is 1. The number of methoxy groups -OCH3 is 1. The average Bonchev–Trinajstić information content (AvgIpc) is 3.31. The molecule has 5 nitrogen and oxygen atoms in total. The van der Waals surface area contributed by atoms with E-state index in [1.54, 1.807) is 24.3 Å². The highest BCUT2D eigenvalue weighted by Gasteiger charge is 2.23. The molecule has 1 saturated heterocycles. The molecule has 1 aliphatic heterocycles. The molecule has 1 aromatic heterocycles. The average molecular weight is 343 g/mol. The number of carbonyl (C=O) groups excluding carboxylic acids is 1. The van der Waals surface area contributed by atoms with Crippen LogP contribution in [0.15, 0.2) is 42.6 Å². The zero-order valence-electron chi connectivity index (χ0n) is 13.6. The third-order valence-corrected chi connectivity index (χ3v) is 5.37. The van der Waals surface area contributed by atoms with Gasteiger partial charge in [-0.15, -0.1) is 0 Å². The normalized spacial score (nSPS) is 17.3. The fourth-order valence-corrected chi connectivity index (χ4v) is 3.92. The van der Waals surface area contributed by atoms with Crippen molar-refractivity contribution in [1.82, 2.24) is 10.2 Å². The summed E-state index contributed by atoms with van der Waals surface area (Å²) in [7, 11) is 1.64. The summed E-state index contributed by atoms with van der Waals surface area (Å²) in [5.41, 5.74) is 0.962. The van der Waals surface area contributed by atoms with Gasteiger partial charge in [-0.05, 0) is 42.4 Å². The lowest BCUT2D eigenvalue weighted by Gasteiger charge is -2.22. The second kappa shape index (κ2) is 8.06. The summed E-state index contributed by atoms with van der Waals surface area (Å²) in [6.07, 6.45) is 7.49. The molecule has 1 N–H and O–H groups in total. The summed E-state index contributed by atoms with van der Waals surface area (Å²) in [6.45, 7) is 0.707. The van der Waals surface area contributed by atoms with Crippen molar-refractivity contribution >= 4 is 29.6 Å². The van der Waals surface area contributed by atoms with Gasteiger partial charge in [-0.25, -0.2) is 0 Å². The lowest BCUT2D eigenvalue weighted by atomic mass is 10.2. The SMILES string of the molecule is COc1ccc(C=CC(=O)N(CC2CCCS2)c2ccn[nH]2)cc1. The number of amides is 1. The Morgan fingerprint density at radius 1 is 1.42 bits per heavy atom. The van der Waals surface area contributed by atoms with Crippen LogP contribution < -0.4 is 9.64 Å². The summed E-state index contributed by atoms with van der Waals surface area (Å²) < 4.78 is 5.14. The van der Waals surface area contributed by atoms with E-state index in [4.69, 9.17) is 4.74 Å². The van der Waals surface area contributed by atoms with Crippen LogP contribution in [0.3, 0.4) is 0 Å². The van der Waals surface area contributed by atoms with Gasteiger partial charge in [0.1, 0.15) is 11.6 Å². The number of H-pyrrole nitrogens is 1. The van der Waals surface area contributed by atoms with Crippen molar-refractivity contribution in [3.63, 3.8) is 0 Å². The van der Waals surface area contributed by atoms with E-state index >= 15 is 0 Å². The largest absolute Gasteiger partial charge is 0.497 e. The number of ether oxygens (including phenoxy) is 1. The van der Waals surface area contributed by atoms with Crippen LogP contribution in [0.5, 0.6) is 5.75 Å². The Morgan fingerprint density at radius 3 is 2.88 bits per heavy atom. The Bertz CT molecular complexity index is 677. The highest BCUT2D eigenvalue weighted by atomic mass is 32.2. The molecule has 1 aromatic carbocycles. The zero-order chi connectivity index (χ0) is 16.8. The topological polar surface area (TPSA) is 58.2 Å². The molecule has 24 heavy (non-hydrogen) atoms. The van der Waals surface area contributed by atoms with E-state index < -0.39 is 0 Å². The van der Waals surface area contributed by atoms with Crippen LogP contribution in [0, 0.1) is 0 Å². The number of nitrogens with one attached hydrogen (secondary N) is 1. The Labute approximate surface area is 146 Å². The summed E-state index contributed by atoms with van der Waals surface area (Å²) in [4.78, 5) is 14.5. The Balaban J connectivity index is 1.71. The number of carbonyl (C=O) groups is 1. The molecular weight excluding hydrogens is 322 g/mol. The minimum absolute atomic E-state index is 0.0393. The molecule has 2 aromatic rings. The number of benzene rings is 1. The van der Waals surface area contributed by atoms with Gasteiger partial charge in [0.05, 0.1) is 13.3 Å². The van der Waals surface area contributed by atoms with Crippen LogP contribution in [-0.4, -0.2) is 40.8 Å². The number of thioether (sulfide) groups is 1. The maximum absolute atomic E-state index is 12.7. The Morgan fingerprint density at radius 2 is 2.25 bits per heavy atom. The van der Waals surface area contributed by atoms with E-state index in [1.807, 2.05) is 48.2 Å². The van der Waals surface area contributed by atoms with Crippen LogP contribution in [-0.2, 0) is 4.79 Å². The maximum Gasteiger partial charge on any atom is 0.252 e. The highest BCUT2D eigenvalue weighted by molar-refractivity contribution is 8.00. The summed E-state index contributed by atoms with van der Waals surface area (Å²) >= 11 is 1.94. The van der Waals surface area contributed by atoms with Crippen LogP contribution in [0.2, 0.25) is 0 Å². The van der Waals surface area contributed by atoms with E-state index in [2.05, 4.69) is 10.2 Å². The van der Waals surface area contributed by atoms with Gasteiger partial charge < -0.3 is 4.74 Å². The summed E-state index contributed by atoms with van der Waals surface area (Å²) in [5.74, 6) is 2.68. The van der Waals surface area contributed by atoms with E-state index in [-0.39, 0.29) is 5.91 Å². The van der Waals surface area contributed by atoms with Gasteiger partial charge >= 0.3 is 0 Å². The molecule has 0 spiro atoms. The molecule has 1 amide bonds. The second-order valence-electron chi connectivity index (χ2n) is 5.63. The lowest BCUT2D eigenvalue weighted by molar-refractivity contribution is -0.114. The molecule has 0 bridgehead atoms. The molecule has 0 aliphatic carbocycles. The van der Waals surface area contributed by atoms with Crippen molar-refractivity contribution in [2.75, 3.05) is 24.3 Å². The number of hydrogen-bond acceptors (Lipinski definition) is 4. The first-order valence-electron chi connectivity index (χ1n) is 8.01. The van der Waals surface area contributed by atoms with Crippen molar-refractivity contribution in [3.8, 4) is 5.75 Å². The third kappa shape index (κ3) is 4.20. The van der Waals surface area contributed by atoms with Gasteiger partial charge in [-0.1, -0.05) is 12.1 Å². The van der Waals surface area contributed by atoms with Crippen molar-refractivity contribution in [3.05, 3.63) is 48.2 Å². The predicted molar refractivity (Wildman–Crippen MR) is 98.4 cm³/mol. The minimum atomic E-state index is -0.0393. The van der Waals surface area contributed by atoms with Crippen molar-refractivity contribution < 1.29 is 9.53 Å². The van der Waals surface area contributed by atoms with E-state index in [0.717, 1.165) is 23.6 Å². The van der Waals surface area contributed by atoms with Crippen LogP contribution in [0.25, 0.3) is 6.08 Å². The molecule has 2 heterocycles. The van der Waals surface area contributed by atoms with Gasteiger partial charge in [-0.2, -0.15) is 16.9 Å². The van der Waals surface area contributed by atoms with Crippen molar-refractivity contribution in [2.45, 2.75) is 18.1 Å². The molecule has 6 heteroatoms. The van der Waals surface area contributed by atoms with Gasteiger partial charge in [0, 0.05) is 23.9 Å². The summed E-state index contributed by atoms with van der Waals surface area (Å²) in [6, 6.07) is 9.45. The number of rotatable bonds is 6. The van der Waals surface area contributed by atoms with Crippen molar-refractivity contribution in [1.29, 1.82) is 0 Å². The van der Waals surface area contributed by atoms with Gasteiger partial charge in [-0.3, -0.25) is 14.8 Å². The van der Waals surface area contributed by atoms with Gasteiger partial charge in [0.25, 0.3) is 5.91 Å². The molecule has 126 valence electrons. The van der Waals surface area contributed by atoms with Crippen LogP contribution >= 0.6 is 11.8 Å². The molecular formula is C18H21N3O2S. The minimum Gasteiger partial charge on any atom is -0.497 e. The monoisotopic (exact) mass is 343 g/mol. The van der Waals surface area contributed by atoms with Crippen LogP contribution in [0.4, 0.5) is 5.82 Å². The molecule has 0 saturated carbocycles. The molecule has 1 aliphatic rings. The quantitative estimate of drug-likeness (QED) is 0.817. The molecule has 1 atom stereocenters. The first kappa shape index (κ1) is 16.6. The smallest absolute Gasteiger partial charge is 0.252 e. The zero-order valence-corrected chi connectivity index (χ0v) is 14.5. The van der Waals surface area contributed by atoms with E-state index in [0.29, 0.717) is 11.8 Å². The molecule has 1 unspecified atom stereocenters. The maximum atomic E-state index is 12.7. The number of nitrogens with zero attached hydrogens (tertiary/aromatic N) is 2. The number of aromatic nitrogens is 2. The molecule has 0 radical (unpaired) electrons. The third-order valence-electron chi connectivity index (χ3n) is 3.99. The van der Waals surface area contributed by atoms with Gasteiger partial charge in [0.15, 0.2) is 0 Å². The Hall–Kier alpha value is -2.21. The fraction of sp³-hybridized carbons (Fsp3) is 0.333.